The number of carboxylic acids is 1. The lowest BCUT2D eigenvalue weighted by atomic mass is 10.2. The van der Waals surface area contributed by atoms with E-state index in [9.17, 15) is 18.0 Å². The SMILES string of the molecule is Cc1[nH]c(=O)sc1S(=O)(=O)Nc1ccc(Cl)c(C(=O)O)c1. The van der Waals surface area contributed by atoms with Gasteiger partial charge < -0.3 is 10.1 Å². The number of carbonyl (C=O) groups is 1. The number of aromatic carboxylic acids is 1. The minimum Gasteiger partial charge on any atom is -0.478 e. The van der Waals surface area contributed by atoms with E-state index < -0.39 is 20.9 Å². The molecule has 1 aromatic heterocycles. The van der Waals surface area contributed by atoms with E-state index in [4.69, 9.17) is 16.7 Å². The van der Waals surface area contributed by atoms with E-state index in [0.717, 1.165) is 6.07 Å². The van der Waals surface area contributed by atoms with Gasteiger partial charge in [0.1, 0.15) is 0 Å². The fourth-order valence-electron chi connectivity index (χ4n) is 1.60. The Morgan fingerprint density at radius 2 is 2.10 bits per heavy atom. The summed E-state index contributed by atoms with van der Waals surface area (Å²) in [5.41, 5.74) is 0.0258. The van der Waals surface area contributed by atoms with Crippen LogP contribution in [0.4, 0.5) is 5.69 Å². The number of hydrogen-bond donors (Lipinski definition) is 3. The Kier molecular flexibility index (Phi) is 4.08. The number of rotatable bonds is 4. The molecule has 0 atom stereocenters. The number of aromatic amines is 1. The molecule has 0 saturated heterocycles. The molecular formula is C11H9ClN2O5S2. The smallest absolute Gasteiger partial charge is 0.337 e. The molecule has 0 aliphatic carbocycles. The van der Waals surface area contributed by atoms with Crippen LogP contribution in [0.1, 0.15) is 16.1 Å². The first-order valence-corrected chi connectivity index (χ1v) is 8.14. The molecule has 0 spiro atoms. The van der Waals surface area contributed by atoms with Gasteiger partial charge in [0.05, 0.1) is 10.6 Å². The summed E-state index contributed by atoms with van der Waals surface area (Å²) in [6, 6.07) is 3.71. The van der Waals surface area contributed by atoms with Gasteiger partial charge in [0.2, 0.25) is 0 Å². The zero-order valence-corrected chi connectivity index (χ0v) is 12.9. The van der Waals surface area contributed by atoms with E-state index in [1.54, 1.807) is 0 Å². The molecule has 10 heteroatoms. The van der Waals surface area contributed by atoms with Gasteiger partial charge in [-0.1, -0.05) is 22.9 Å². The fraction of sp³-hybridized carbons (Fsp3) is 0.0909. The average molecular weight is 349 g/mol. The van der Waals surface area contributed by atoms with Gasteiger partial charge in [0.25, 0.3) is 10.0 Å². The Hall–Kier alpha value is -1.84. The Balaban J connectivity index is 2.42. The second-order valence-electron chi connectivity index (χ2n) is 4.03. The molecule has 2 aromatic rings. The van der Waals surface area contributed by atoms with Crippen molar-refractivity contribution in [1.82, 2.24) is 4.98 Å². The number of nitrogens with one attached hydrogen (secondary N) is 2. The number of H-pyrrole nitrogens is 1. The van der Waals surface area contributed by atoms with Crippen molar-refractivity contribution >= 4 is 44.6 Å². The van der Waals surface area contributed by atoms with E-state index in [1.807, 2.05) is 0 Å². The van der Waals surface area contributed by atoms with Crippen LogP contribution in [0.5, 0.6) is 0 Å². The van der Waals surface area contributed by atoms with Crippen LogP contribution in [0.2, 0.25) is 5.02 Å². The van der Waals surface area contributed by atoms with Crippen LogP contribution in [0, 0.1) is 6.92 Å². The van der Waals surface area contributed by atoms with Gasteiger partial charge in [0.15, 0.2) is 4.21 Å². The molecule has 3 N–H and O–H groups in total. The predicted molar refractivity (Wildman–Crippen MR) is 78.9 cm³/mol. The molecular weight excluding hydrogens is 340 g/mol. The maximum Gasteiger partial charge on any atom is 0.337 e. The van der Waals surface area contributed by atoms with Crippen LogP contribution in [-0.4, -0.2) is 24.5 Å². The molecule has 112 valence electrons. The molecule has 1 aromatic carbocycles. The Morgan fingerprint density at radius 3 is 2.62 bits per heavy atom. The highest BCUT2D eigenvalue weighted by Gasteiger charge is 2.21. The molecule has 0 aliphatic heterocycles. The quantitative estimate of drug-likeness (QED) is 0.780. The number of benzene rings is 1. The van der Waals surface area contributed by atoms with Gasteiger partial charge >= 0.3 is 10.8 Å². The van der Waals surface area contributed by atoms with Crippen molar-refractivity contribution in [3.63, 3.8) is 0 Å². The van der Waals surface area contributed by atoms with Gasteiger partial charge in [-0.2, -0.15) is 0 Å². The Bertz CT molecular complexity index is 869. The minimum atomic E-state index is -3.98. The topological polar surface area (TPSA) is 116 Å². The highest BCUT2D eigenvalue weighted by molar-refractivity contribution is 7.94. The van der Waals surface area contributed by atoms with Crippen LogP contribution < -0.4 is 9.60 Å². The zero-order valence-electron chi connectivity index (χ0n) is 10.5. The lowest BCUT2D eigenvalue weighted by molar-refractivity contribution is 0.0697. The number of hydrogen-bond acceptors (Lipinski definition) is 5. The van der Waals surface area contributed by atoms with Gasteiger partial charge in [-0.15, -0.1) is 0 Å². The second kappa shape index (κ2) is 5.51. The number of anilines is 1. The predicted octanol–water partition coefficient (Wildman–Crippen LogP) is 1.90. The summed E-state index contributed by atoms with van der Waals surface area (Å²) >= 11 is 6.26. The summed E-state index contributed by atoms with van der Waals surface area (Å²) in [5.74, 6) is -1.27. The highest BCUT2D eigenvalue weighted by atomic mass is 35.5. The molecule has 1 heterocycles. The van der Waals surface area contributed by atoms with E-state index in [1.165, 1.54) is 19.1 Å². The first kappa shape index (κ1) is 15.5. The van der Waals surface area contributed by atoms with Gasteiger partial charge in [-0.05, 0) is 25.1 Å². The Labute approximate surface area is 128 Å². The lowest BCUT2D eigenvalue weighted by Gasteiger charge is -2.08. The molecule has 0 unspecified atom stereocenters. The van der Waals surface area contributed by atoms with Crippen molar-refractivity contribution < 1.29 is 18.3 Å². The molecule has 0 bridgehead atoms. The summed E-state index contributed by atoms with van der Waals surface area (Å²) in [7, 11) is -3.98. The first-order valence-electron chi connectivity index (χ1n) is 5.46. The van der Waals surface area contributed by atoms with Gasteiger partial charge in [-0.3, -0.25) is 9.52 Å². The molecule has 0 amide bonds. The molecule has 0 saturated carbocycles. The summed E-state index contributed by atoms with van der Waals surface area (Å²) in [6.07, 6.45) is 0. The number of sulfonamides is 1. The molecule has 0 aliphatic rings. The third kappa shape index (κ3) is 3.26. The van der Waals surface area contributed by atoms with Gasteiger partial charge in [-0.25, -0.2) is 13.2 Å². The maximum atomic E-state index is 12.2. The van der Waals surface area contributed by atoms with E-state index in [2.05, 4.69) is 9.71 Å². The number of halogens is 1. The zero-order chi connectivity index (χ0) is 15.8. The van der Waals surface area contributed by atoms with Crippen molar-refractivity contribution in [2.24, 2.45) is 0 Å². The van der Waals surface area contributed by atoms with E-state index in [-0.39, 0.29) is 26.2 Å². The van der Waals surface area contributed by atoms with Crippen molar-refractivity contribution in [3.05, 3.63) is 44.1 Å². The van der Waals surface area contributed by atoms with Crippen LogP contribution in [-0.2, 0) is 10.0 Å². The minimum absolute atomic E-state index is 0.00655. The van der Waals surface area contributed by atoms with E-state index >= 15 is 0 Å². The van der Waals surface area contributed by atoms with E-state index in [0.29, 0.717) is 11.3 Å². The van der Waals surface area contributed by atoms with Gasteiger partial charge in [0, 0.05) is 11.4 Å². The summed E-state index contributed by atoms with van der Waals surface area (Å²) in [5, 5.41) is 8.94. The maximum absolute atomic E-state index is 12.2. The van der Waals surface area contributed by atoms with Crippen molar-refractivity contribution in [3.8, 4) is 0 Å². The third-order valence-corrected chi connectivity index (χ3v) is 5.79. The fourth-order valence-corrected chi connectivity index (χ4v) is 4.15. The average Bonchev–Trinajstić information content (AvgIpc) is 2.71. The lowest BCUT2D eigenvalue weighted by Crippen LogP contribution is -2.13. The molecule has 0 radical (unpaired) electrons. The molecule has 2 rings (SSSR count). The standard InChI is InChI=1S/C11H9ClN2O5S2/c1-5-10(20-11(17)13-5)21(18,19)14-6-2-3-8(12)7(4-6)9(15)16/h2-4,14H,1H3,(H,13,17)(H,15,16). The highest BCUT2D eigenvalue weighted by Crippen LogP contribution is 2.24. The number of aryl methyl sites for hydroxylation is 1. The molecule has 7 nitrogen and oxygen atoms in total. The van der Waals surface area contributed by atoms with Crippen LogP contribution in [0.25, 0.3) is 0 Å². The second-order valence-corrected chi connectivity index (χ2v) is 7.30. The van der Waals surface area contributed by atoms with Crippen LogP contribution in [0.15, 0.2) is 27.2 Å². The normalized spacial score (nSPS) is 11.3. The van der Waals surface area contributed by atoms with Crippen LogP contribution >= 0.6 is 22.9 Å². The number of thiazole rings is 1. The Morgan fingerprint density at radius 1 is 1.43 bits per heavy atom. The van der Waals surface area contributed by atoms with Crippen molar-refractivity contribution in [2.45, 2.75) is 11.1 Å². The molecule has 0 fully saturated rings. The molecule has 21 heavy (non-hydrogen) atoms. The van der Waals surface area contributed by atoms with Crippen molar-refractivity contribution in [1.29, 1.82) is 0 Å². The monoisotopic (exact) mass is 348 g/mol. The summed E-state index contributed by atoms with van der Waals surface area (Å²) in [4.78, 5) is 24.0. The van der Waals surface area contributed by atoms with Crippen LogP contribution in [0.3, 0.4) is 0 Å². The summed E-state index contributed by atoms with van der Waals surface area (Å²) in [6.45, 7) is 1.46. The first-order chi connectivity index (χ1) is 9.70. The number of aromatic nitrogens is 1. The third-order valence-electron chi connectivity index (χ3n) is 2.47. The largest absolute Gasteiger partial charge is 0.478 e. The summed E-state index contributed by atoms with van der Waals surface area (Å²) < 4.78 is 26.4. The number of carboxylic acid groups (broad SMARTS) is 1. The van der Waals surface area contributed by atoms with Crippen molar-refractivity contribution in [2.75, 3.05) is 4.72 Å².